The van der Waals surface area contributed by atoms with E-state index >= 15 is 0 Å². The molecular weight excluding hydrogens is 607 g/mol. The zero-order valence-corrected chi connectivity index (χ0v) is 26.5. The number of nitrogens with one attached hydrogen (secondary N) is 2. The largest absolute Gasteiger partial charge is 0.481 e. The highest BCUT2D eigenvalue weighted by atomic mass is 32.2. The summed E-state index contributed by atoms with van der Waals surface area (Å²) < 4.78 is 44.9. The molecule has 0 bridgehead atoms. The molecule has 238 valence electrons. The summed E-state index contributed by atoms with van der Waals surface area (Å²) in [5.41, 5.74) is 1.21. The lowest BCUT2D eigenvalue weighted by atomic mass is 9.78. The number of aromatic nitrogens is 1. The molecule has 0 aliphatic carbocycles. The zero-order chi connectivity index (χ0) is 31.6. The Balaban J connectivity index is 1.50. The first kappa shape index (κ1) is 32.3. The van der Waals surface area contributed by atoms with E-state index in [0.717, 1.165) is 10.2 Å². The summed E-state index contributed by atoms with van der Waals surface area (Å²) in [6.07, 6.45) is 0.632. The van der Waals surface area contributed by atoms with Crippen LogP contribution in [-0.2, 0) is 32.5 Å². The van der Waals surface area contributed by atoms with Gasteiger partial charge in [0.15, 0.2) is 0 Å². The first-order chi connectivity index (χ1) is 20.9. The van der Waals surface area contributed by atoms with E-state index in [1.165, 1.54) is 17.4 Å². The Labute approximate surface area is 260 Å². The summed E-state index contributed by atoms with van der Waals surface area (Å²) in [5, 5.41) is 24.2. The van der Waals surface area contributed by atoms with Crippen molar-refractivity contribution in [1.29, 1.82) is 0 Å². The number of halogens is 1. The number of rotatable bonds is 11. The second-order valence-corrected chi connectivity index (χ2v) is 15.2. The Morgan fingerprint density at radius 1 is 1.23 bits per heavy atom. The molecule has 3 heterocycles. The number of carbonyl (C=O) groups excluding carboxylic acids is 1. The lowest BCUT2D eigenvalue weighted by molar-refractivity contribution is -0.137. The fourth-order valence-electron chi connectivity index (χ4n) is 5.97. The van der Waals surface area contributed by atoms with Gasteiger partial charge in [-0.05, 0) is 55.4 Å². The Kier molecular flexibility index (Phi) is 9.59. The van der Waals surface area contributed by atoms with Gasteiger partial charge in [-0.15, -0.1) is 11.3 Å². The number of carboxylic acid groups (broad SMARTS) is 1. The van der Waals surface area contributed by atoms with E-state index in [2.05, 4.69) is 15.0 Å². The highest BCUT2D eigenvalue weighted by Crippen LogP contribution is 2.44. The van der Waals surface area contributed by atoms with E-state index in [1.807, 2.05) is 38.1 Å². The normalized spacial score (nSPS) is 19.4. The van der Waals surface area contributed by atoms with E-state index in [0.29, 0.717) is 55.0 Å². The van der Waals surface area contributed by atoms with Crippen molar-refractivity contribution in [2.24, 2.45) is 11.3 Å². The number of nitrogens with zero attached hydrogens (tertiary/aromatic N) is 2. The Bertz CT molecular complexity index is 1600. The fourth-order valence-corrected chi connectivity index (χ4v) is 8.43. The summed E-state index contributed by atoms with van der Waals surface area (Å²) in [6.45, 7) is 4.42. The van der Waals surface area contributed by atoms with E-state index in [4.69, 9.17) is 0 Å². The highest BCUT2D eigenvalue weighted by molar-refractivity contribution is 7.89. The van der Waals surface area contributed by atoms with Crippen LogP contribution in [0.3, 0.4) is 0 Å². The number of anilines is 1. The predicted octanol–water partition coefficient (Wildman–Crippen LogP) is 4.29. The minimum Gasteiger partial charge on any atom is -0.481 e. The zero-order valence-electron chi connectivity index (χ0n) is 24.9. The molecule has 1 saturated heterocycles. The maximum atomic E-state index is 14.2. The standard InChI is InChI=1S/C31H39FN4O6S2/c1-31(2)18-33-28-21(29(31)39)15-20(7-8-27(37)38)16-25(28)44(41,42)35-23(17-26-34-22-5-3-4-6-24(22)43-26)30(40)36-13-10-19(9-12-32)11-14-36/h3-6,15-16,19,23,29,33,35,39H,7-14,17-18H2,1-2H3,(H,37,38)/t23-,29?/m0/s1. The van der Waals surface area contributed by atoms with Gasteiger partial charge in [-0.3, -0.25) is 14.0 Å². The van der Waals surface area contributed by atoms with E-state index < -0.39 is 40.2 Å². The maximum Gasteiger partial charge on any atom is 0.303 e. The number of carbonyl (C=O) groups is 2. The van der Waals surface area contributed by atoms with Crippen molar-refractivity contribution in [2.75, 3.05) is 31.6 Å². The second kappa shape index (κ2) is 13.1. The highest BCUT2D eigenvalue weighted by Gasteiger charge is 2.39. The van der Waals surface area contributed by atoms with Gasteiger partial charge in [-0.1, -0.05) is 32.0 Å². The van der Waals surface area contributed by atoms with Gasteiger partial charge in [-0.25, -0.2) is 13.4 Å². The van der Waals surface area contributed by atoms with Crippen molar-refractivity contribution in [3.8, 4) is 0 Å². The lowest BCUT2D eigenvalue weighted by Crippen LogP contribution is -2.51. The number of aliphatic hydroxyl groups is 1. The minimum absolute atomic E-state index is 0.0335. The number of benzene rings is 2. The number of alkyl halides is 1. The third-order valence-electron chi connectivity index (χ3n) is 8.62. The number of thiazole rings is 1. The summed E-state index contributed by atoms with van der Waals surface area (Å²) in [4.78, 5) is 31.4. The molecule has 0 saturated carbocycles. The molecule has 3 aromatic rings. The van der Waals surface area contributed by atoms with Gasteiger partial charge in [0.05, 0.1) is 33.7 Å². The summed E-state index contributed by atoms with van der Waals surface area (Å²) >= 11 is 1.39. The molecule has 13 heteroatoms. The van der Waals surface area contributed by atoms with Gasteiger partial charge in [0.1, 0.15) is 10.9 Å². The first-order valence-electron chi connectivity index (χ1n) is 14.9. The predicted molar refractivity (Wildman–Crippen MR) is 167 cm³/mol. The summed E-state index contributed by atoms with van der Waals surface area (Å²) in [5.74, 6) is -1.22. The molecule has 2 atom stereocenters. The minimum atomic E-state index is -4.37. The third kappa shape index (κ3) is 7.06. The number of aliphatic carboxylic acids is 1. The van der Waals surface area contributed by atoms with Crippen molar-refractivity contribution in [3.05, 3.63) is 52.5 Å². The molecule has 2 aliphatic rings. The molecule has 2 aromatic carbocycles. The Hall–Kier alpha value is -3.13. The number of aliphatic hydroxyl groups excluding tert-OH is 1. The monoisotopic (exact) mass is 646 g/mol. The fraction of sp³-hybridized carbons (Fsp3) is 0.516. The molecule has 1 fully saturated rings. The van der Waals surface area contributed by atoms with Gasteiger partial charge < -0.3 is 20.4 Å². The van der Waals surface area contributed by atoms with Crippen LogP contribution >= 0.6 is 11.3 Å². The molecule has 0 radical (unpaired) electrons. The molecule has 1 amide bonds. The van der Waals surface area contributed by atoms with E-state index in [1.54, 1.807) is 11.0 Å². The summed E-state index contributed by atoms with van der Waals surface area (Å²) in [7, 11) is -4.37. The van der Waals surface area contributed by atoms with E-state index in [-0.39, 0.29) is 41.7 Å². The Morgan fingerprint density at radius 2 is 1.95 bits per heavy atom. The number of para-hydroxylation sites is 1. The lowest BCUT2D eigenvalue weighted by Gasteiger charge is -2.38. The molecule has 1 aromatic heterocycles. The molecule has 1 unspecified atom stereocenters. The number of aryl methyl sites for hydroxylation is 1. The molecular formula is C31H39FN4O6S2. The number of likely N-dealkylation sites (tertiary alicyclic amines) is 1. The summed E-state index contributed by atoms with van der Waals surface area (Å²) in [6, 6.07) is 9.44. The number of hydrogen-bond donors (Lipinski definition) is 4. The van der Waals surface area contributed by atoms with E-state index in [9.17, 15) is 32.6 Å². The van der Waals surface area contributed by atoms with Crippen molar-refractivity contribution < 1.29 is 32.6 Å². The van der Waals surface area contributed by atoms with Gasteiger partial charge >= 0.3 is 5.97 Å². The first-order valence-corrected chi connectivity index (χ1v) is 17.2. The van der Waals surface area contributed by atoms with Crippen molar-refractivity contribution in [2.45, 2.75) is 69.4 Å². The number of piperidine rings is 1. The van der Waals surface area contributed by atoms with Crippen molar-refractivity contribution in [3.63, 3.8) is 0 Å². The van der Waals surface area contributed by atoms with Crippen molar-refractivity contribution in [1.82, 2.24) is 14.6 Å². The van der Waals surface area contributed by atoms with Gasteiger partial charge in [-0.2, -0.15) is 4.72 Å². The van der Waals surface area contributed by atoms with Crippen LogP contribution in [0.15, 0.2) is 41.3 Å². The van der Waals surface area contributed by atoms with Gasteiger partial charge in [0, 0.05) is 43.5 Å². The van der Waals surface area contributed by atoms with Gasteiger partial charge in [0.2, 0.25) is 15.9 Å². The molecule has 44 heavy (non-hydrogen) atoms. The van der Waals surface area contributed by atoms with Gasteiger partial charge in [0.25, 0.3) is 0 Å². The van der Waals surface area contributed by atoms with Crippen molar-refractivity contribution >= 4 is 49.1 Å². The van der Waals surface area contributed by atoms with Crippen LogP contribution < -0.4 is 10.0 Å². The average Bonchev–Trinajstić information content (AvgIpc) is 3.40. The molecule has 2 aliphatic heterocycles. The number of fused-ring (bicyclic) bond motifs is 2. The Morgan fingerprint density at radius 3 is 2.64 bits per heavy atom. The average molecular weight is 647 g/mol. The number of carboxylic acids is 1. The van der Waals surface area contributed by atoms with Crippen LogP contribution in [0.5, 0.6) is 0 Å². The number of hydrogen-bond acceptors (Lipinski definition) is 8. The van der Waals surface area contributed by atoms with Crippen LogP contribution in [0.4, 0.5) is 10.1 Å². The number of sulfonamides is 1. The topological polar surface area (TPSA) is 149 Å². The van der Waals surface area contributed by atoms with Crippen LogP contribution in [0, 0.1) is 11.3 Å². The smallest absolute Gasteiger partial charge is 0.303 e. The number of amides is 1. The van der Waals surface area contributed by atoms with Crippen LogP contribution in [-0.4, -0.2) is 72.7 Å². The van der Waals surface area contributed by atoms with Crippen LogP contribution in [0.1, 0.15) is 61.8 Å². The molecule has 4 N–H and O–H groups in total. The molecule has 5 rings (SSSR count). The quantitative estimate of drug-likeness (QED) is 0.241. The second-order valence-electron chi connectivity index (χ2n) is 12.4. The van der Waals surface area contributed by atoms with Crippen LogP contribution in [0.2, 0.25) is 0 Å². The van der Waals surface area contributed by atoms with Crippen LogP contribution in [0.25, 0.3) is 10.2 Å². The molecule has 10 nitrogen and oxygen atoms in total. The molecule has 0 spiro atoms. The SMILES string of the molecule is CC1(C)CNc2c(cc(CCC(=O)O)cc2S(=O)(=O)N[C@@H](Cc2nc3ccccc3s2)C(=O)N2CCC(CCF)CC2)C1O. The maximum absolute atomic E-state index is 14.2. The third-order valence-corrected chi connectivity index (χ3v) is 11.2.